The third kappa shape index (κ3) is 3.86. The van der Waals surface area contributed by atoms with Gasteiger partial charge in [0.1, 0.15) is 0 Å². The predicted octanol–water partition coefficient (Wildman–Crippen LogP) is 2.06. The summed E-state index contributed by atoms with van der Waals surface area (Å²) in [6.45, 7) is 5.72. The Morgan fingerprint density at radius 2 is 1.94 bits per heavy atom. The van der Waals surface area contributed by atoms with Crippen LogP contribution in [0.15, 0.2) is 30.3 Å². The molecule has 1 unspecified atom stereocenters. The monoisotopic (exact) mass is 235 g/mol. The fraction of sp³-hybridized carbons (Fsp3) is 0.500. The van der Waals surface area contributed by atoms with Gasteiger partial charge in [-0.15, -0.1) is 0 Å². The van der Waals surface area contributed by atoms with Crippen LogP contribution in [-0.4, -0.2) is 17.6 Å². The summed E-state index contributed by atoms with van der Waals surface area (Å²) in [4.78, 5) is 11.8. The maximum Gasteiger partial charge on any atom is 0.221 e. The maximum absolute atomic E-state index is 11.8. The molecule has 3 nitrogen and oxygen atoms in total. The van der Waals surface area contributed by atoms with E-state index < -0.39 is 5.54 Å². The smallest absolute Gasteiger partial charge is 0.221 e. The minimum atomic E-state index is -0.701. The lowest BCUT2D eigenvalue weighted by molar-refractivity contribution is -0.124. The Morgan fingerprint density at radius 3 is 2.41 bits per heavy atom. The number of nitrogens with one attached hydrogen (secondary N) is 1. The lowest BCUT2D eigenvalue weighted by Crippen LogP contribution is -2.46. The number of carbonyl (C=O) groups is 1. The van der Waals surface area contributed by atoms with Crippen LogP contribution in [0, 0.1) is 5.92 Å². The fourth-order valence-electron chi connectivity index (χ4n) is 1.74. The van der Waals surface area contributed by atoms with E-state index in [1.807, 2.05) is 51.1 Å². The van der Waals surface area contributed by atoms with Crippen molar-refractivity contribution >= 4 is 5.91 Å². The summed E-state index contributed by atoms with van der Waals surface area (Å²) in [6.07, 6.45) is 0.475. The first-order valence-electron chi connectivity index (χ1n) is 5.95. The van der Waals surface area contributed by atoms with Crippen LogP contribution >= 0.6 is 0 Å². The van der Waals surface area contributed by atoms with Crippen LogP contribution in [0.3, 0.4) is 0 Å². The van der Waals surface area contributed by atoms with Crippen molar-refractivity contribution in [1.29, 1.82) is 0 Å². The standard InChI is InChI=1S/C14H21NO2/c1-11(2)9-13(17)15-14(3,10-16)12-7-5-4-6-8-12/h4-8,11,16H,9-10H2,1-3H3,(H,15,17). The van der Waals surface area contributed by atoms with Crippen LogP contribution in [0.5, 0.6) is 0 Å². The highest BCUT2D eigenvalue weighted by atomic mass is 16.3. The van der Waals surface area contributed by atoms with Gasteiger partial charge in [-0.1, -0.05) is 44.2 Å². The van der Waals surface area contributed by atoms with Crippen molar-refractivity contribution in [3.8, 4) is 0 Å². The van der Waals surface area contributed by atoms with Crippen molar-refractivity contribution < 1.29 is 9.90 Å². The van der Waals surface area contributed by atoms with Crippen molar-refractivity contribution in [3.05, 3.63) is 35.9 Å². The molecule has 0 aliphatic heterocycles. The van der Waals surface area contributed by atoms with Crippen LogP contribution in [0.1, 0.15) is 32.8 Å². The Hall–Kier alpha value is -1.35. The van der Waals surface area contributed by atoms with Crippen LogP contribution in [0.25, 0.3) is 0 Å². The number of hydrogen-bond acceptors (Lipinski definition) is 2. The van der Waals surface area contributed by atoms with E-state index in [9.17, 15) is 9.90 Å². The summed E-state index contributed by atoms with van der Waals surface area (Å²) in [5.41, 5.74) is 0.215. The van der Waals surface area contributed by atoms with E-state index in [0.717, 1.165) is 5.56 Å². The Labute approximate surface area is 103 Å². The number of amides is 1. The predicted molar refractivity (Wildman–Crippen MR) is 68.5 cm³/mol. The molecule has 1 aromatic rings. The molecule has 94 valence electrons. The number of aliphatic hydroxyl groups is 1. The normalized spacial score (nSPS) is 14.4. The summed E-state index contributed by atoms with van der Waals surface area (Å²) < 4.78 is 0. The molecule has 3 heteroatoms. The maximum atomic E-state index is 11.8. The average Bonchev–Trinajstić information content (AvgIpc) is 2.29. The van der Waals surface area contributed by atoms with E-state index in [-0.39, 0.29) is 12.5 Å². The average molecular weight is 235 g/mol. The summed E-state index contributed by atoms with van der Waals surface area (Å²) in [5, 5.41) is 12.4. The molecular weight excluding hydrogens is 214 g/mol. The largest absolute Gasteiger partial charge is 0.394 e. The van der Waals surface area contributed by atoms with Crippen LogP contribution in [0.4, 0.5) is 0 Å². The molecule has 0 heterocycles. The number of benzene rings is 1. The minimum Gasteiger partial charge on any atom is -0.394 e. The van der Waals surface area contributed by atoms with Crippen molar-refractivity contribution in [2.24, 2.45) is 5.92 Å². The molecule has 0 saturated carbocycles. The fourth-order valence-corrected chi connectivity index (χ4v) is 1.74. The van der Waals surface area contributed by atoms with Crippen molar-refractivity contribution in [1.82, 2.24) is 5.32 Å². The first kappa shape index (κ1) is 13.7. The molecule has 2 N–H and O–H groups in total. The van der Waals surface area contributed by atoms with E-state index in [4.69, 9.17) is 0 Å². The second kappa shape index (κ2) is 5.82. The molecule has 0 spiro atoms. The topological polar surface area (TPSA) is 49.3 Å². The lowest BCUT2D eigenvalue weighted by atomic mass is 9.92. The molecule has 0 bridgehead atoms. The van der Waals surface area contributed by atoms with Crippen molar-refractivity contribution in [3.63, 3.8) is 0 Å². The van der Waals surface area contributed by atoms with E-state index in [0.29, 0.717) is 12.3 Å². The van der Waals surface area contributed by atoms with E-state index in [1.54, 1.807) is 0 Å². The van der Waals surface area contributed by atoms with Gasteiger partial charge < -0.3 is 10.4 Å². The van der Waals surface area contributed by atoms with Crippen LogP contribution in [-0.2, 0) is 10.3 Å². The third-order valence-electron chi connectivity index (χ3n) is 2.74. The molecule has 1 aromatic carbocycles. The van der Waals surface area contributed by atoms with E-state index in [2.05, 4.69) is 5.32 Å². The molecule has 1 atom stereocenters. The van der Waals surface area contributed by atoms with Gasteiger partial charge in [-0.2, -0.15) is 0 Å². The third-order valence-corrected chi connectivity index (χ3v) is 2.74. The van der Waals surface area contributed by atoms with Gasteiger partial charge in [0, 0.05) is 6.42 Å². The minimum absolute atomic E-state index is 0.0274. The molecule has 1 amide bonds. The summed E-state index contributed by atoms with van der Waals surface area (Å²) in [7, 11) is 0. The van der Waals surface area contributed by atoms with E-state index >= 15 is 0 Å². The SMILES string of the molecule is CC(C)CC(=O)NC(C)(CO)c1ccccc1. The van der Waals surface area contributed by atoms with Crippen LogP contribution in [0.2, 0.25) is 0 Å². The highest BCUT2D eigenvalue weighted by Crippen LogP contribution is 2.20. The van der Waals surface area contributed by atoms with E-state index in [1.165, 1.54) is 0 Å². The zero-order valence-corrected chi connectivity index (χ0v) is 10.7. The van der Waals surface area contributed by atoms with Crippen molar-refractivity contribution in [2.75, 3.05) is 6.61 Å². The Kier molecular flexibility index (Phi) is 4.70. The number of aliphatic hydroxyl groups excluding tert-OH is 1. The number of carbonyl (C=O) groups excluding carboxylic acids is 1. The first-order valence-corrected chi connectivity index (χ1v) is 5.95. The molecule has 0 fully saturated rings. The second-order valence-corrected chi connectivity index (χ2v) is 5.00. The van der Waals surface area contributed by atoms with Crippen molar-refractivity contribution in [2.45, 2.75) is 32.7 Å². The molecule has 17 heavy (non-hydrogen) atoms. The number of hydrogen-bond donors (Lipinski definition) is 2. The molecule has 0 aliphatic rings. The van der Waals surface area contributed by atoms with Gasteiger partial charge in [0.15, 0.2) is 0 Å². The molecule has 0 radical (unpaired) electrons. The van der Waals surface area contributed by atoms with Gasteiger partial charge in [-0.25, -0.2) is 0 Å². The summed E-state index contributed by atoms with van der Waals surface area (Å²) in [5.74, 6) is 0.286. The zero-order valence-electron chi connectivity index (χ0n) is 10.7. The molecule has 0 saturated heterocycles. The highest BCUT2D eigenvalue weighted by molar-refractivity contribution is 5.77. The highest BCUT2D eigenvalue weighted by Gasteiger charge is 2.27. The zero-order chi connectivity index (χ0) is 12.9. The Balaban J connectivity index is 2.79. The van der Waals surface area contributed by atoms with Crippen LogP contribution < -0.4 is 5.32 Å². The van der Waals surface area contributed by atoms with Gasteiger partial charge in [-0.3, -0.25) is 4.79 Å². The molecule has 1 rings (SSSR count). The summed E-state index contributed by atoms with van der Waals surface area (Å²) in [6, 6.07) is 9.53. The van der Waals surface area contributed by atoms with Gasteiger partial charge in [0.05, 0.1) is 12.1 Å². The second-order valence-electron chi connectivity index (χ2n) is 5.00. The quantitative estimate of drug-likeness (QED) is 0.820. The molecule has 0 aliphatic carbocycles. The van der Waals surface area contributed by atoms with Gasteiger partial charge >= 0.3 is 0 Å². The molecule has 0 aromatic heterocycles. The first-order chi connectivity index (χ1) is 7.98. The molecular formula is C14H21NO2. The summed E-state index contributed by atoms with van der Waals surface area (Å²) >= 11 is 0. The number of rotatable bonds is 5. The van der Waals surface area contributed by atoms with Gasteiger partial charge in [-0.05, 0) is 18.4 Å². The lowest BCUT2D eigenvalue weighted by Gasteiger charge is -2.29. The Morgan fingerprint density at radius 1 is 1.35 bits per heavy atom. The Bertz CT molecular complexity index is 362. The van der Waals surface area contributed by atoms with Gasteiger partial charge in [0.25, 0.3) is 0 Å². The van der Waals surface area contributed by atoms with Gasteiger partial charge in [0.2, 0.25) is 5.91 Å².